The van der Waals surface area contributed by atoms with E-state index in [1.807, 2.05) is 0 Å². The maximum absolute atomic E-state index is 12.7. The fourth-order valence-electron chi connectivity index (χ4n) is 1.19. The molecule has 0 radical (unpaired) electrons. The zero-order valence-corrected chi connectivity index (χ0v) is 9.77. The van der Waals surface area contributed by atoms with E-state index in [1.165, 1.54) is 12.1 Å². The first kappa shape index (κ1) is 13.9. The van der Waals surface area contributed by atoms with E-state index in [0.717, 1.165) is 12.1 Å². The molecule has 0 aliphatic carbocycles. The summed E-state index contributed by atoms with van der Waals surface area (Å²) in [5.74, 6) is -1.75. The SMILES string of the molecule is O=C(O)/C(S)=C(/c1cccc(Cl)c1)C(F)(F)F. The smallest absolute Gasteiger partial charge is 0.418 e. The topological polar surface area (TPSA) is 37.3 Å². The van der Waals surface area contributed by atoms with Gasteiger partial charge in [0.15, 0.2) is 0 Å². The molecule has 1 N–H and O–H groups in total. The second-order valence-corrected chi connectivity index (χ2v) is 3.92. The summed E-state index contributed by atoms with van der Waals surface area (Å²) in [6.45, 7) is 0. The van der Waals surface area contributed by atoms with Crippen LogP contribution in [-0.4, -0.2) is 17.3 Å². The zero-order valence-electron chi connectivity index (χ0n) is 8.12. The van der Waals surface area contributed by atoms with Crippen LogP contribution in [0.15, 0.2) is 29.2 Å². The molecule has 0 aromatic heterocycles. The molecule has 1 aromatic carbocycles. The van der Waals surface area contributed by atoms with E-state index in [2.05, 4.69) is 12.6 Å². The fraction of sp³-hybridized carbons (Fsp3) is 0.100. The molecule has 0 bridgehead atoms. The summed E-state index contributed by atoms with van der Waals surface area (Å²) in [5, 5.41) is 8.66. The molecule has 0 fully saturated rings. The lowest BCUT2D eigenvalue weighted by Crippen LogP contribution is -2.15. The molecule has 1 rings (SSSR count). The molecule has 0 aliphatic heterocycles. The van der Waals surface area contributed by atoms with E-state index < -0.39 is 22.6 Å². The number of aliphatic carboxylic acids is 1. The van der Waals surface area contributed by atoms with Gasteiger partial charge in [-0.25, -0.2) is 4.79 Å². The van der Waals surface area contributed by atoms with E-state index in [0.29, 0.717) is 0 Å². The van der Waals surface area contributed by atoms with Gasteiger partial charge in [0.05, 0.1) is 5.57 Å². The van der Waals surface area contributed by atoms with Crippen LogP contribution in [0.4, 0.5) is 13.2 Å². The Labute approximate surface area is 105 Å². The maximum Gasteiger partial charge on any atom is 0.418 e. The summed E-state index contributed by atoms with van der Waals surface area (Å²) in [6.07, 6.45) is -4.82. The normalized spacial score (nSPS) is 13.2. The lowest BCUT2D eigenvalue weighted by molar-refractivity contribution is -0.132. The molecule has 1 aromatic rings. The van der Waals surface area contributed by atoms with Gasteiger partial charge in [-0.05, 0) is 17.7 Å². The number of benzene rings is 1. The molecule has 0 amide bonds. The van der Waals surface area contributed by atoms with Gasteiger partial charge in [0.1, 0.15) is 4.91 Å². The number of halogens is 4. The van der Waals surface area contributed by atoms with Gasteiger partial charge in [0.25, 0.3) is 0 Å². The average Bonchev–Trinajstić information content (AvgIpc) is 2.15. The van der Waals surface area contributed by atoms with Crippen molar-refractivity contribution in [3.05, 3.63) is 39.8 Å². The molecule has 0 saturated carbocycles. The second-order valence-electron chi connectivity index (χ2n) is 3.04. The van der Waals surface area contributed by atoms with Crippen LogP contribution in [0.5, 0.6) is 0 Å². The number of hydrogen-bond acceptors (Lipinski definition) is 2. The Balaban J connectivity index is 3.47. The van der Waals surface area contributed by atoms with Crippen molar-refractivity contribution in [3.8, 4) is 0 Å². The number of carbonyl (C=O) groups is 1. The van der Waals surface area contributed by atoms with Crippen LogP contribution in [0.1, 0.15) is 5.56 Å². The first-order valence-electron chi connectivity index (χ1n) is 4.23. The first-order valence-corrected chi connectivity index (χ1v) is 5.05. The van der Waals surface area contributed by atoms with Gasteiger partial charge in [0, 0.05) is 5.02 Å². The summed E-state index contributed by atoms with van der Waals surface area (Å²) in [7, 11) is 0. The Kier molecular flexibility index (Phi) is 4.11. The van der Waals surface area contributed by atoms with E-state index in [-0.39, 0.29) is 10.6 Å². The van der Waals surface area contributed by atoms with Gasteiger partial charge in [-0.3, -0.25) is 0 Å². The van der Waals surface area contributed by atoms with Gasteiger partial charge in [0.2, 0.25) is 0 Å². The van der Waals surface area contributed by atoms with Gasteiger partial charge in [-0.15, -0.1) is 12.6 Å². The predicted molar refractivity (Wildman–Crippen MR) is 61.0 cm³/mol. The minimum Gasteiger partial charge on any atom is -0.477 e. The molecule has 0 saturated heterocycles. The van der Waals surface area contributed by atoms with Crippen molar-refractivity contribution in [2.45, 2.75) is 6.18 Å². The molecule has 0 aliphatic rings. The molecule has 92 valence electrons. The summed E-state index contributed by atoms with van der Waals surface area (Å²) < 4.78 is 38.2. The largest absolute Gasteiger partial charge is 0.477 e. The third-order valence-electron chi connectivity index (χ3n) is 1.84. The van der Waals surface area contributed by atoms with Crippen LogP contribution < -0.4 is 0 Å². The van der Waals surface area contributed by atoms with Crippen molar-refractivity contribution in [2.75, 3.05) is 0 Å². The summed E-state index contributed by atoms with van der Waals surface area (Å²) in [6, 6.07) is 4.84. The van der Waals surface area contributed by atoms with Crippen molar-refractivity contribution in [2.24, 2.45) is 0 Å². The van der Waals surface area contributed by atoms with Crippen LogP contribution >= 0.6 is 24.2 Å². The molecule has 0 heterocycles. The van der Waals surface area contributed by atoms with Gasteiger partial charge in [-0.1, -0.05) is 23.7 Å². The van der Waals surface area contributed by atoms with E-state index in [4.69, 9.17) is 16.7 Å². The quantitative estimate of drug-likeness (QED) is 0.642. The molecule has 0 atom stereocenters. The summed E-state index contributed by atoms with van der Waals surface area (Å²) in [5.41, 5.74) is -1.66. The Morgan fingerprint density at radius 2 is 1.94 bits per heavy atom. The predicted octanol–water partition coefficient (Wildman–Crippen LogP) is 3.63. The highest BCUT2D eigenvalue weighted by atomic mass is 35.5. The van der Waals surface area contributed by atoms with Gasteiger partial charge >= 0.3 is 12.1 Å². The highest BCUT2D eigenvalue weighted by Crippen LogP contribution is 2.38. The van der Waals surface area contributed by atoms with E-state index >= 15 is 0 Å². The fourth-order valence-corrected chi connectivity index (χ4v) is 1.63. The third kappa shape index (κ3) is 3.41. The van der Waals surface area contributed by atoms with Crippen molar-refractivity contribution in [1.29, 1.82) is 0 Å². The highest BCUT2D eigenvalue weighted by molar-refractivity contribution is 7.85. The minimum absolute atomic E-state index is 0.0794. The highest BCUT2D eigenvalue weighted by Gasteiger charge is 2.38. The molecule has 0 unspecified atom stereocenters. The van der Waals surface area contributed by atoms with Gasteiger partial charge in [-0.2, -0.15) is 13.2 Å². The average molecular weight is 283 g/mol. The maximum atomic E-state index is 12.7. The third-order valence-corrected chi connectivity index (χ3v) is 2.49. The van der Waals surface area contributed by atoms with Gasteiger partial charge < -0.3 is 5.11 Å². The first-order chi connectivity index (χ1) is 7.73. The molecule has 17 heavy (non-hydrogen) atoms. The number of allylic oxidation sites excluding steroid dienone is 1. The number of hydrogen-bond donors (Lipinski definition) is 2. The lowest BCUT2D eigenvalue weighted by Gasteiger charge is -2.13. The van der Waals surface area contributed by atoms with Crippen molar-refractivity contribution < 1.29 is 23.1 Å². The Morgan fingerprint density at radius 1 is 1.35 bits per heavy atom. The second kappa shape index (κ2) is 5.01. The van der Waals surface area contributed by atoms with Crippen LogP contribution in [-0.2, 0) is 4.79 Å². The van der Waals surface area contributed by atoms with Crippen molar-refractivity contribution in [1.82, 2.24) is 0 Å². The van der Waals surface area contributed by atoms with Crippen molar-refractivity contribution in [3.63, 3.8) is 0 Å². The van der Waals surface area contributed by atoms with Crippen LogP contribution in [0.25, 0.3) is 5.57 Å². The Hall–Kier alpha value is -1.14. The van der Waals surface area contributed by atoms with Crippen molar-refractivity contribution >= 4 is 35.8 Å². The zero-order chi connectivity index (χ0) is 13.2. The number of rotatable bonds is 2. The van der Waals surface area contributed by atoms with Crippen LogP contribution in [0.3, 0.4) is 0 Å². The number of carboxylic acid groups (broad SMARTS) is 1. The van der Waals surface area contributed by atoms with Crippen LogP contribution in [0, 0.1) is 0 Å². The summed E-state index contributed by atoms with van der Waals surface area (Å²) in [4.78, 5) is 9.51. The molecular weight excluding hydrogens is 277 g/mol. The molecule has 2 nitrogen and oxygen atoms in total. The number of thiol groups is 1. The van der Waals surface area contributed by atoms with Crippen LogP contribution in [0.2, 0.25) is 5.02 Å². The molecule has 0 spiro atoms. The monoisotopic (exact) mass is 282 g/mol. The number of alkyl halides is 3. The lowest BCUT2D eigenvalue weighted by atomic mass is 10.1. The Bertz CT molecular complexity index is 483. The standard InChI is InChI=1S/C10H6ClF3O2S/c11-6-3-1-2-5(4-6)7(10(12,13)14)8(17)9(15)16/h1-4,17H,(H,15,16)/b8-7+. The summed E-state index contributed by atoms with van der Waals surface area (Å²) >= 11 is 8.94. The van der Waals surface area contributed by atoms with E-state index in [1.54, 1.807) is 0 Å². The minimum atomic E-state index is -4.82. The number of carboxylic acids is 1. The molecular formula is C10H6ClF3O2S. The van der Waals surface area contributed by atoms with E-state index in [9.17, 15) is 18.0 Å². The molecule has 7 heteroatoms. The Morgan fingerprint density at radius 3 is 2.35 bits per heavy atom.